The first-order valence-corrected chi connectivity index (χ1v) is 6.51. The van der Waals surface area contributed by atoms with Crippen LogP contribution in [-0.2, 0) is 0 Å². The van der Waals surface area contributed by atoms with Gasteiger partial charge in [0, 0.05) is 22.3 Å². The Kier molecular flexibility index (Phi) is 4.20. The molecule has 94 valence electrons. The largest absolute Gasteiger partial charge is 0.494 e. The molecule has 3 nitrogen and oxygen atoms in total. The lowest BCUT2D eigenvalue weighted by atomic mass is 10.3. The fraction of sp³-hybridized carbons (Fsp3) is 0.214. The van der Waals surface area contributed by atoms with Gasteiger partial charge in [-0.15, -0.1) is 0 Å². The number of rotatable bonds is 4. The van der Waals surface area contributed by atoms with Crippen LogP contribution in [0, 0.1) is 6.92 Å². The fourth-order valence-electron chi connectivity index (χ4n) is 1.54. The van der Waals surface area contributed by atoms with Gasteiger partial charge in [-0.25, -0.2) is 4.98 Å². The minimum absolute atomic E-state index is 0.604. The van der Waals surface area contributed by atoms with Crippen molar-refractivity contribution >= 4 is 15.9 Å². The van der Waals surface area contributed by atoms with E-state index in [2.05, 4.69) is 20.9 Å². The minimum atomic E-state index is 0.604. The molecule has 0 aliphatic rings. The van der Waals surface area contributed by atoms with Crippen molar-refractivity contribution in [1.29, 1.82) is 0 Å². The van der Waals surface area contributed by atoms with E-state index in [9.17, 15) is 0 Å². The highest BCUT2D eigenvalue weighted by Crippen LogP contribution is 2.27. The van der Waals surface area contributed by atoms with Crippen LogP contribution in [-0.4, -0.2) is 11.6 Å². The van der Waals surface area contributed by atoms with E-state index in [1.165, 1.54) is 0 Å². The van der Waals surface area contributed by atoms with Crippen LogP contribution in [0.5, 0.6) is 17.4 Å². The zero-order valence-electron chi connectivity index (χ0n) is 10.3. The third kappa shape index (κ3) is 3.23. The highest BCUT2D eigenvalue weighted by Gasteiger charge is 2.04. The van der Waals surface area contributed by atoms with Gasteiger partial charge in [0.25, 0.3) is 0 Å². The van der Waals surface area contributed by atoms with Crippen LogP contribution in [0.2, 0.25) is 0 Å². The Balaban J connectivity index is 2.20. The van der Waals surface area contributed by atoms with Crippen molar-refractivity contribution in [3.63, 3.8) is 0 Å². The summed E-state index contributed by atoms with van der Waals surface area (Å²) in [5.74, 6) is 2.12. The van der Waals surface area contributed by atoms with Crippen LogP contribution in [0.1, 0.15) is 12.5 Å². The van der Waals surface area contributed by atoms with Crippen molar-refractivity contribution in [3.05, 3.63) is 46.6 Å². The van der Waals surface area contributed by atoms with Crippen molar-refractivity contribution in [2.45, 2.75) is 13.8 Å². The normalized spacial score (nSPS) is 10.2. The molecule has 0 aliphatic carbocycles. The molecule has 0 N–H and O–H groups in total. The SMILES string of the molecule is CCOc1cccc(Oc2ncc(Br)cc2C)c1. The number of aryl methyl sites for hydroxylation is 1. The number of hydrogen-bond acceptors (Lipinski definition) is 3. The molecule has 1 aromatic carbocycles. The number of benzene rings is 1. The van der Waals surface area contributed by atoms with Gasteiger partial charge in [0.05, 0.1) is 6.61 Å². The molecule has 0 unspecified atom stereocenters. The van der Waals surface area contributed by atoms with Crippen molar-refractivity contribution in [1.82, 2.24) is 4.98 Å². The molecule has 0 fully saturated rings. The number of hydrogen-bond donors (Lipinski definition) is 0. The molecule has 0 amide bonds. The summed E-state index contributed by atoms with van der Waals surface area (Å²) in [5, 5.41) is 0. The van der Waals surface area contributed by atoms with Crippen molar-refractivity contribution in [2.75, 3.05) is 6.61 Å². The standard InChI is InChI=1S/C14H14BrNO2/c1-3-17-12-5-4-6-13(8-12)18-14-10(2)7-11(15)9-16-14/h4-9H,3H2,1-2H3. The van der Waals surface area contributed by atoms with Crippen molar-refractivity contribution < 1.29 is 9.47 Å². The van der Waals surface area contributed by atoms with E-state index in [-0.39, 0.29) is 0 Å². The Bertz CT molecular complexity index is 543. The molecular formula is C14H14BrNO2. The van der Waals surface area contributed by atoms with Gasteiger partial charge in [-0.3, -0.25) is 0 Å². The molecule has 0 saturated carbocycles. The van der Waals surface area contributed by atoms with Crippen molar-refractivity contribution in [3.8, 4) is 17.4 Å². The maximum atomic E-state index is 5.74. The summed E-state index contributed by atoms with van der Waals surface area (Å²) in [5.41, 5.74) is 0.978. The third-order valence-corrected chi connectivity index (χ3v) is 2.76. The van der Waals surface area contributed by atoms with E-state index >= 15 is 0 Å². The summed E-state index contributed by atoms with van der Waals surface area (Å²) in [6, 6.07) is 9.50. The summed E-state index contributed by atoms with van der Waals surface area (Å²) in [6.07, 6.45) is 1.72. The van der Waals surface area contributed by atoms with Crippen LogP contribution in [0.15, 0.2) is 41.0 Å². The van der Waals surface area contributed by atoms with E-state index in [1.807, 2.05) is 44.2 Å². The smallest absolute Gasteiger partial charge is 0.222 e. The van der Waals surface area contributed by atoms with Crippen LogP contribution in [0.3, 0.4) is 0 Å². The van der Waals surface area contributed by atoms with Crippen molar-refractivity contribution in [2.24, 2.45) is 0 Å². The van der Waals surface area contributed by atoms with E-state index in [1.54, 1.807) is 6.20 Å². The second-order valence-corrected chi connectivity index (χ2v) is 4.70. The van der Waals surface area contributed by atoms with Crippen LogP contribution in [0.4, 0.5) is 0 Å². The number of aromatic nitrogens is 1. The second kappa shape index (κ2) is 5.87. The van der Waals surface area contributed by atoms with E-state index < -0.39 is 0 Å². The van der Waals surface area contributed by atoms with E-state index in [0.717, 1.165) is 21.5 Å². The monoisotopic (exact) mass is 307 g/mol. The molecule has 18 heavy (non-hydrogen) atoms. The molecule has 1 heterocycles. The minimum Gasteiger partial charge on any atom is -0.494 e. The predicted octanol–water partition coefficient (Wildman–Crippen LogP) is 4.34. The number of pyridine rings is 1. The average molecular weight is 308 g/mol. The second-order valence-electron chi connectivity index (χ2n) is 3.79. The lowest BCUT2D eigenvalue weighted by Gasteiger charge is -2.09. The van der Waals surface area contributed by atoms with Gasteiger partial charge in [-0.1, -0.05) is 6.07 Å². The van der Waals surface area contributed by atoms with Gasteiger partial charge in [0.2, 0.25) is 5.88 Å². The topological polar surface area (TPSA) is 31.4 Å². The number of nitrogens with zero attached hydrogens (tertiary/aromatic N) is 1. The highest BCUT2D eigenvalue weighted by atomic mass is 79.9. The molecule has 2 rings (SSSR count). The van der Waals surface area contributed by atoms with Crippen LogP contribution >= 0.6 is 15.9 Å². The molecule has 2 aromatic rings. The lowest BCUT2D eigenvalue weighted by Crippen LogP contribution is -1.93. The Labute approximate surface area is 115 Å². The third-order valence-electron chi connectivity index (χ3n) is 2.33. The predicted molar refractivity (Wildman–Crippen MR) is 74.4 cm³/mol. The summed E-state index contributed by atoms with van der Waals surface area (Å²) in [7, 11) is 0. The fourth-order valence-corrected chi connectivity index (χ4v) is 1.99. The molecule has 0 spiro atoms. The first-order chi connectivity index (χ1) is 8.69. The molecule has 0 bridgehead atoms. The maximum Gasteiger partial charge on any atom is 0.222 e. The van der Waals surface area contributed by atoms with E-state index in [4.69, 9.17) is 9.47 Å². The zero-order chi connectivity index (χ0) is 13.0. The van der Waals surface area contributed by atoms with Gasteiger partial charge in [0.15, 0.2) is 0 Å². The van der Waals surface area contributed by atoms with Crippen LogP contribution in [0.25, 0.3) is 0 Å². The van der Waals surface area contributed by atoms with Gasteiger partial charge in [-0.2, -0.15) is 0 Å². The Hall–Kier alpha value is -1.55. The molecular weight excluding hydrogens is 294 g/mol. The Morgan fingerprint density at radius 3 is 2.72 bits per heavy atom. The average Bonchev–Trinajstić information content (AvgIpc) is 2.34. The number of halogens is 1. The molecule has 1 aromatic heterocycles. The van der Waals surface area contributed by atoms with E-state index in [0.29, 0.717) is 12.5 Å². The summed E-state index contributed by atoms with van der Waals surface area (Å²) >= 11 is 3.38. The quantitative estimate of drug-likeness (QED) is 0.842. The molecule has 0 radical (unpaired) electrons. The van der Waals surface area contributed by atoms with Gasteiger partial charge in [-0.05, 0) is 48.0 Å². The summed E-state index contributed by atoms with van der Waals surface area (Å²) in [6.45, 7) is 4.55. The molecule has 0 atom stereocenters. The Morgan fingerprint density at radius 1 is 1.22 bits per heavy atom. The van der Waals surface area contributed by atoms with Gasteiger partial charge in [0.1, 0.15) is 11.5 Å². The summed E-state index contributed by atoms with van der Waals surface area (Å²) < 4.78 is 12.1. The number of ether oxygens (including phenoxy) is 2. The molecule has 0 aliphatic heterocycles. The lowest BCUT2D eigenvalue weighted by molar-refractivity contribution is 0.338. The molecule has 4 heteroatoms. The molecule has 0 saturated heterocycles. The van der Waals surface area contributed by atoms with Gasteiger partial charge >= 0.3 is 0 Å². The van der Waals surface area contributed by atoms with Gasteiger partial charge < -0.3 is 9.47 Å². The first-order valence-electron chi connectivity index (χ1n) is 5.72. The highest BCUT2D eigenvalue weighted by molar-refractivity contribution is 9.10. The van der Waals surface area contributed by atoms with Crippen LogP contribution < -0.4 is 9.47 Å². The zero-order valence-corrected chi connectivity index (χ0v) is 11.9. The maximum absolute atomic E-state index is 5.74. The first kappa shape index (κ1) is 12.9. The summed E-state index contributed by atoms with van der Waals surface area (Å²) in [4.78, 5) is 4.24. The Morgan fingerprint density at radius 2 is 2.00 bits per heavy atom.